The maximum atomic E-state index is 12.6. The first-order chi connectivity index (χ1) is 16.0. The van der Waals surface area contributed by atoms with Crippen molar-refractivity contribution in [3.63, 3.8) is 0 Å². The summed E-state index contributed by atoms with van der Waals surface area (Å²) in [5.74, 6) is 0.503. The third-order valence-corrected chi connectivity index (χ3v) is 5.63. The van der Waals surface area contributed by atoms with Crippen LogP contribution in [0, 0.1) is 0 Å². The van der Waals surface area contributed by atoms with Crippen LogP contribution in [0.4, 0.5) is 5.82 Å². The Morgan fingerprint density at radius 2 is 1.91 bits per heavy atom. The molecule has 4 rings (SSSR count). The molecule has 0 spiro atoms. The number of carbonyl (C=O) groups is 2. The van der Waals surface area contributed by atoms with Crippen molar-refractivity contribution in [2.24, 2.45) is 0 Å². The summed E-state index contributed by atoms with van der Waals surface area (Å²) in [6.07, 6.45) is 3.71. The summed E-state index contributed by atoms with van der Waals surface area (Å²) in [5.41, 5.74) is 7.83. The van der Waals surface area contributed by atoms with Crippen LogP contribution >= 0.6 is 11.6 Å². The number of nitrogens with two attached hydrogens (primary N) is 1. The van der Waals surface area contributed by atoms with Gasteiger partial charge in [-0.25, -0.2) is 0 Å². The van der Waals surface area contributed by atoms with E-state index in [-0.39, 0.29) is 24.2 Å². The predicted octanol–water partition coefficient (Wildman–Crippen LogP) is 3.21. The summed E-state index contributed by atoms with van der Waals surface area (Å²) >= 11 is 5.93. The molecule has 1 aromatic heterocycles. The number of anilines is 1. The van der Waals surface area contributed by atoms with Gasteiger partial charge in [0.05, 0.1) is 13.1 Å². The number of hydrogen-bond acceptors (Lipinski definition) is 5. The number of nitrogen functional groups attached to an aromatic ring is 1. The van der Waals surface area contributed by atoms with Crippen LogP contribution in [0.15, 0.2) is 54.7 Å². The molecule has 2 aromatic carbocycles. The van der Waals surface area contributed by atoms with Gasteiger partial charge in [-0.1, -0.05) is 29.8 Å². The molecular formula is C24H26ClN5O3. The average Bonchev–Trinajstić information content (AvgIpc) is 3.46. The number of nitrogens with one attached hydrogen (secondary N) is 1. The Kier molecular flexibility index (Phi) is 7.14. The van der Waals surface area contributed by atoms with E-state index in [0.717, 1.165) is 31.5 Å². The molecule has 1 saturated heterocycles. The van der Waals surface area contributed by atoms with Crippen molar-refractivity contribution >= 4 is 29.2 Å². The number of ether oxygens (including phenoxy) is 1. The Balaban J connectivity index is 1.32. The number of nitrogens with zero attached hydrogens (tertiary/aromatic N) is 3. The first-order valence-electron chi connectivity index (χ1n) is 10.9. The van der Waals surface area contributed by atoms with Gasteiger partial charge in [-0.05, 0) is 48.7 Å². The van der Waals surface area contributed by atoms with Gasteiger partial charge in [-0.15, -0.1) is 0 Å². The molecule has 0 bridgehead atoms. The van der Waals surface area contributed by atoms with Gasteiger partial charge in [0.2, 0.25) is 0 Å². The van der Waals surface area contributed by atoms with Gasteiger partial charge in [0.1, 0.15) is 17.9 Å². The number of carbonyl (C=O) groups excluding carboxylic acids is 2. The van der Waals surface area contributed by atoms with Gasteiger partial charge in [0.25, 0.3) is 11.8 Å². The molecule has 172 valence electrons. The lowest BCUT2D eigenvalue weighted by Gasteiger charge is -2.15. The van der Waals surface area contributed by atoms with Crippen LogP contribution in [0.25, 0.3) is 0 Å². The molecule has 0 saturated carbocycles. The number of rotatable bonds is 8. The first kappa shape index (κ1) is 22.7. The summed E-state index contributed by atoms with van der Waals surface area (Å²) in [5, 5.41) is 7.62. The average molecular weight is 468 g/mol. The first-order valence-corrected chi connectivity index (χ1v) is 11.2. The lowest BCUT2D eigenvalue weighted by Crippen LogP contribution is -2.28. The summed E-state index contributed by atoms with van der Waals surface area (Å²) in [6.45, 7) is 2.60. The quantitative estimate of drug-likeness (QED) is 0.495. The maximum Gasteiger partial charge on any atom is 0.256 e. The van der Waals surface area contributed by atoms with Crippen LogP contribution in [0.3, 0.4) is 0 Å². The number of benzene rings is 2. The molecule has 1 fully saturated rings. The standard InChI is InChI=1S/C24H26ClN5O3/c25-19-7-4-8-20(14-19)33-12-9-27-23(31)21-16-30(28-22(21)26)15-17-5-3-6-18(13-17)24(32)29-10-1-2-11-29/h3-8,13-14,16H,1-2,9-12,15H2,(H2,26,28)(H,27,31). The van der Waals surface area contributed by atoms with Gasteiger partial charge >= 0.3 is 0 Å². The van der Waals surface area contributed by atoms with Crippen LogP contribution < -0.4 is 15.8 Å². The molecule has 8 nitrogen and oxygen atoms in total. The topological polar surface area (TPSA) is 102 Å². The van der Waals surface area contributed by atoms with Crippen LogP contribution in [0.5, 0.6) is 5.75 Å². The molecule has 2 amide bonds. The number of hydrogen-bond donors (Lipinski definition) is 2. The fourth-order valence-corrected chi connectivity index (χ4v) is 3.95. The van der Waals surface area contributed by atoms with Gasteiger partial charge in [-0.2, -0.15) is 5.10 Å². The van der Waals surface area contributed by atoms with Crippen molar-refractivity contribution in [2.45, 2.75) is 19.4 Å². The zero-order valence-corrected chi connectivity index (χ0v) is 18.9. The van der Waals surface area contributed by atoms with Crippen molar-refractivity contribution < 1.29 is 14.3 Å². The number of amides is 2. The molecule has 3 N–H and O–H groups in total. The van der Waals surface area contributed by atoms with E-state index in [1.165, 1.54) is 0 Å². The van der Waals surface area contributed by atoms with Crippen molar-refractivity contribution in [3.8, 4) is 5.75 Å². The second kappa shape index (κ2) is 10.4. The van der Waals surface area contributed by atoms with E-state index in [1.807, 2.05) is 29.2 Å². The SMILES string of the molecule is Nc1nn(Cc2cccc(C(=O)N3CCCC3)c2)cc1C(=O)NCCOc1cccc(Cl)c1. The van der Waals surface area contributed by atoms with Gasteiger partial charge < -0.3 is 20.7 Å². The second-order valence-electron chi connectivity index (χ2n) is 7.89. The highest BCUT2D eigenvalue weighted by Crippen LogP contribution is 2.17. The molecule has 1 aliphatic rings. The Morgan fingerprint density at radius 1 is 1.12 bits per heavy atom. The van der Waals surface area contributed by atoms with E-state index >= 15 is 0 Å². The van der Waals surface area contributed by atoms with Crippen molar-refractivity contribution in [3.05, 3.63) is 76.4 Å². The van der Waals surface area contributed by atoms with Gasteiger partial charge in [-0.3, -0.25) is 14.3 Å². The molecule has 0 radical (unpaired) electrons. The molecule has 1 aliphatic heterocycles. The Labute approximate surface area is 197 Å². The molecule has 3 aromatic rings. The van der Waals surface area contributed by atoms with Crippen LogP contribution in [0.1, 0.15) is 39.1 Å². The van der Waals surface area contributed by atoms with Crippen LogP contribution in [-0.4, -0.2) is 52.7 Å². The normalized spacial score (nSPS) is 13.2. The van der Waals surface area contributed by atoms with Crippen molar-refractivity contribution in [2.75, 3.05) is 32.0 Å². The Hall–Kier alpha value is -3.52. The van der Waals surface area contributed by atoms with Gasteiger partial charge in [0.15, 0.2) is 5.82 Å². The highest BCUT2D eigenvalue weighted by molar-refractivity contribution is 6.30. The zero-order chi connectivity index (χ0) is 23.2. The van der Waals surface area contributed by atoms with Crippen molar-refractivity contribution in [1.82, 2.24) is 20.0 Å². The Bertz CT molecular complexity index is 1140. The van der Waals surface area contributed by atoms with E-state index < -0.39 is 0 Å². The second-order valence-corrected chi connectivity index (χ2v) is 8.32. The molecule has 0 unspecified atom stereocenters. The van der Waals surface area contributed by atoms with E-state index in [1.54, 1.807) is 35.1 Å². The third kappa shape index (κ3) is 5.84. The van der Waals surface area contributed by atoms with Gasteiger partial charge in [0, 0.05) is 29.9 Å². The zero-order valence-electron chi connectivity index (χ0n) is 18.2. The lowest BCUT2D eigenvalue weighted by atomic mass is 10.1. The molecule has 0 aliphatic carbocycles. The highest BCUT2D eigenvalue weighted by Gasteiger charge is 2.20. The number of halogens is 1. The monoisotopic (exact) mass is 467 g/mol. The van der Waals surface area contributed by atoms with E-state index in [2.05, 4.69) is 10.4 Å². The summed E-state index contributed by atoms with van der Waals surface area (Å²) < 4.78 is 7.18. The minimum absolute atomic E-state index is 0.0504. The third-order valence-electron chi connectivity index (χ3n) is 5.40. The molecule has 2 heterocycles. The van der Waals surface area contributed by atoms with E-state index in [0.29, 0.717) is 35.0 Å². The van der Waals surface area contributed by atoms with E-state index in [4.69, 9.17) is 22.1 Å². The number of aromatic nitrogens is 2. The maximum absolute atomic E-state index is 12.6. The molecule has 0 atom stereocenters. The summed E-state index contributed by atoms with van der Waals surface area (Å²) in [6, 6.07) is 14.5. The van der Waals surface area contributed by atoms with E-state index in [9.17, 15) is 9.59 Å². The fourth-order valence-electron chi connectivity index (χ4n) is 3.77. The predicted molar refractivity (Wildman–Crippen MR) is 127 cm³/mol. The van der Waals surface area contributed by atoms with Crippen LogP contribution in [0.2, 0.25) is 5.02 Å². The minimum atomic E-state index is -0.327. The number of likely N-dealkylation sites (tertiary alicyclic amines) is 1. The summed E-state index contributed by atoms with van der Waals surface area (Å²) in [7, 11) is 0. The van der Waals surface area contributed by atoms with Crippen LogP contribution in [-0.2, 0) is 6.54 Å². The molecular weight excluding hydrogens is 442 g/mol. The lowest BCUT2D eigenvalue weighted by molar-refractivity contribution is 0.0792. The fraction of sp³-hybridized carbons (Fsp3) is 0.292. The summed E-state index contributed by atoms with van der Waals surface area (Å²) in [4.78, 5) is 27.0. The highest BCUT2D eigenvalue weighted by atomic mass is 35.5. The molecule has 33 heavy (non-hydrogen) atoms. The molecule has 9 heteroatoms. The largest absolute Gasteiger partial charge is 0.492 e. The smallest absolute Gasteiger partial charge is 0.256 e. The van der Waals surface area contributed by atoms with Crippen molar-refractivity contribution in [1.29, 1.82) is 0 Å². The Morgan fingerprint density at radius 3 is 2.70 bits per heavy atom. The minimum Gasteiger partial charge on any atom is -0.492 e.